The highest BCUT2D eigenvalue weighted by molar-refractivity contribution is 5.72. The minimum absolute atomic E-state index is 0.0445. The number of piperidine rings is 1. The van der Waals surface area contributed by atoms with Gasteiger partial charge in [0.15, 0.2) is 0 Å². The van der Waals surface area contributed by atoms with Crippen molar-refractivity contribution >= 4 is 17.5 Å². The molecule has 1 aliphatic heterocycles. The molecule has 0 aliphatic carbocycles. The Morgan fingerprint density at radius 2 is 2.10 bits per heavy atom. The van der Waals surface area contributed by atoms with E-state index in [9.17, 15) is 4.79 Å². The third-order valence-corrected chi connectivity index (χ3v) is 4.02. The molecule has 0 unspecified atom stereocenters. The zero-order chi connectivity index (χ0) is 15.4. The van der Waals surface area contributed by atoms with E-state index in [0.29, 0.717) is 17.7 Å². The van der Waals surface area contributed by atoms with Gasteiger partial charge in [-0.2, -0.15) is 0 Å². The minimum Gasteiger partial charge on any atom is -0.383 e. The largest absolute Gasteiger partial charge is 0.383 e. The van der Waals surface area contributed by atoms with Crippen LogP contribution in [0.3, 0.4) is 0 Å². The second-order valence-electron chi connectivity index (χ2n) is 6.02. The SMILES string of the molecule is CC(=O)NCC1CCN(c2ncnc(N)c2C(C)C)CC1. The Balaban J connectivity index is 2.02. The van der Waals surface area contributed by atoms with Gasteiger partial charge in [0.25, 0.3) is 0 Å². The van der Waals surface area contributed by atoms with Crippen molar-refractivity contribution in [2.24, 2.45) is 5.92 Å². The van der Waals surface area contributed by atoms with E-state index in [0.717, 1.165) is 43.9 Å². The fraction of sp³-hybridized carbons (Fsp3) is 0.667. The Hall–Kier alpha value is -1.85. The third kappa shape index (κ3) is 3.83. The number of anilines is 2. The first-order valence-corrected chi connectivity index (χ1v) is 7.58. The van der Waals surface area contributed by atoms with E-state index in [-0.39, 0.29) is 5.91 Å². The van der Waals surface area contributed by atoms with Gasteiger partial charge < -0.3 is 16.0 Å². The molecule has 2 heterocycles. The summed E-state index contributed by atoms with van der Waals surface area (Å²) in [6, 6.07) is 0. The third-order valence-electron chi connectivity index (χ3n) is 4.02. The number of rotatable bonds is 4. The van der Waals surface area contributed by atoms with E-state index < -0.39 is 0 Å². The molecule has 3 N–H and O–H groups in total. The number of hydrogen-bond acceptors (Lipinski definition) is 5. The average molecular weight is 291 g/mol. The molecule has 0 atom stereocenters. The maximum Gasteiger partial charge on any atom is 0.216 e. The van der Waals surface area contributed by atoms with Crippen molar-refractivity contribution in [1.82, 2.24) is 15.3 Å². The zero-order valence-electron chi connectivity index (χ0n) is 13.1. The fourth-order valence-electron chi connectivity index (χ4n) is 2.84. The molecule has 2 rings (SSSR count). The highest BCUT2D eigenvalue weighted by Gasteiger charge is 2.24. The van der Waals surface area contributed by atoms with Crippen molar-refractivity contribution < 1.29 is 4.79 Å². The van der Waals surface area contributed by atoms with Crippen LogP contribution >= 0.6 is 0 Å². The number of nitrogen functional groups attached to an aromatic ring is 1. The molecule has 116 valence electrons. The minimum atomic E-state index is 0.0445. The molecule has 21 heavy (non-hydrogen) atoms. The molecule has 6 heteroatoms. The summed E-state index contributed by atoms with van der Waals surface area (Å²) in [6.07, 6.45) is 3.66. The molecule has 0 spiro atoms. The van der Waals surface area contributed by atoms with Gasteiger partial charge in [-0.3, -0.25) is 4.79 Å². The normalized spacial score (nSPS) is 16.3. The van der Waals surface area contributed by atoms with E-state index in [4.69, 9.17) is 5.73 Å². The number of hydrogen-bond donors (Lipinski definition) is 2. The van der Waals surface area contributed by atoms with Gasteiger partial charge in [-0.15, -0.1) is 0 Å². The number of amides is 1. The van der Waals surface area contributed by atoms with Crippen LogP contribution in [0, 0.1) is 5.92 Å². The van der Waals surface area contributed by atoms with Crippen molar-refractivity contribution in [2.75, 3.05) is 30.3 Å². The van der Waals surface area contributed by atoms with Gasteiger partial charge in [-0.1, -0.05) is 13.8 Å². The lowest BCUT2D eigenvalue weighted by molar-refractivity contribution is -0.119. The zero-order valence-corrected chi connectivity index (χ0v) is 13.1. The second kappa shape index (κ2) is 6.74. The van der Waals surface area contributed by atoms with Gasteiger partial charge in [0.05, 0.1) is 0 Å². The van der Waals surface area contributed by atoms with Gasteiger partial charge in [-0.25, -0.2) is 9.97 Å². The summed E-state index contributed by atoms with van der Waals surface area (Å²) in [4.78, 5) is 21.8. The van der Waals surface area contributed by atoms with Crippen molar-refractivity contribution in [2.45, 2.75) is 39.5 Å². The standard InChI is InChI=1S/C15H25N5O/c1-10(2)13-14(16)18-9-19-15(13)20-6-4-12(5-7-20)8-17-11(3)21/h9-10,12H,4-8H2,1-3H3,(H,17,21)(H2,16,18,19). The van der Waals surface area contributed by atoms with Crippen molar-refractivity contribution in [3.05, 3.63) is 11.9 Å². The first-order valence-electron chi connectivity index (χ1n) is 7.58. The monoisotopic (exact) mass is 291 g/mol. The van der Waals surface area contributed by atoms with Gasteiger partial charge in [0, 0.05) is 32.1 Å². The summed E-state index contributed by atoms with van der Waals surface area (Å²) in [6.45, 7) is 8.45. The van der Waals surface area contributed by atoms with Crippen LogP contribution in [-0.2, 0) is 4.79 Å². The van der Waals surface area contributed by atoms with Crippen LogP contribution in [0.25, 0.3) is 0 Å². The summed E-state index contributed by atoms with van der Waals surface area (Å²) in [7, 11) is 0. The Bertz CT molecular complexity index is 495. The number of carbonyl (C=O) groups excluding carboxylic acids is 1. The molecule has 0 saturated carbocycles. The number of nitrogens with two attached hydrogens (primary N) is 1. The second-order valence-corrected chi connectivity index (χ2v) is 6.02. The lowest BCUT2D eigenvalue weighted by atomic mass is 9.95. The van der Waals surface area contributed by atoms with Crippen molar-refractivity contribution in [1.29, 1.82) is 0 Å². The van der Waals surface area contributed by atoms with Crippen LogP contribution in [0.4, 0.5) is 11.6 Å². The summed E-state index contributed by atoms with van der Waals surface area (Å²) in [5.41, 5.74) is 7.05. The predicted molar refractivity (Wildman–Crippen MR) is 84.2 cm³/mol. The van der Waals surface area contributed by atoms with Gasteiger partial charge in [0.1, 0.15) is 18.0 Å². The van der Waals surface area contributed by atoms with Gasteiger partial charge in [0.2, 0.25) is 5.91 Å². The van der Waals surface area contributed by atoms with Crippen LogP contribution in [0.1, 0.15) is 45.1 Å². The number of nitrogens with one attached hydrogen (secondary N) is 1. The summed E-state index contributed by atoms with van der Waals surface area (Å²) < 4.78 is 0. The number of aromatic nitrogens is 2. The molecule has 1 saturated heterocycles. The maximum absolute atomic E-state index is 11.0. The molecule has 0 bridgehead atoms. The fourth-order valence-corrected chi connectivity index (χ4v) is 2.84. The maximum atomic E-state index is 11.0. The lowest BCUT2D eigenvalue weighted by Crippen LogP contribution is -2.39. The highest BCUT2D eigenvalue weighted by Crippen LogP contribution is 2.31. The molecular weight excluding hydrogens is 266 g/mol. The molecule has 1 fully saturated rings. The molecule has 0 aromatic carbocycles. The van der Waals surface area contributed by atoms with Crippen molar-refractivity contribution in [3.63, 3.8) is 0 Å². The van der Waals surface area contributed by atoms with Crippen molar-refractivity contribution in [3.8, 4) is 0 Å². The van der Waals surface area contributed by atoms with Crippen LogP contribution in [-0.4, -0.2) is 35.5 Å². The van der Waals surface area contributed by atoms with E-state index in [1.165, 1.54) is 0 Å². The summed E-state index contributed by atoms with van der Waals surface area (Å²) in [5, 5.41) is 2.91. The molecular formula is C15H25N5O. The van der Waals surface area contributed by atoms with Gasteiger partial charge in [-0.05, 0) is 24.7 Å². The van der Waals surface area contributed by atoms with Crippen LogP contribution in [0.5, 0.6) is 0 Å². The predicted octanol–water partition coefficient (Wildman–Crippen LogP) is 1.53. The number of carbonyl (C=O) groups is 1. The Kier molecular flexibility index (Phi) is 4.98. The van der Waals surface area contributed by atoms with Crippen LogP contribution in [0.2, 0.25) is 0 Å². The smallest absolute Gasteiger partial charge is 0.216 e. The molecule has 1 aliphatic rings. The van der Waals surface area contributed by atoms with E-state index >= 15 is 0 Å². The molecule has 1 amide bonds. The Morgan fingerprint density at radius 3 is 2.67 bits per heavy atom. The van der Waals surface area contributed by atoms with E-state index in [1.54, 1.807) is 13.3 Å². The van der Waals surface area contributed by atoms with Crippen LogP contribution < -0.4 is 16.0 Å². The van der Waals surface area contributed by atoms with E-state index in [2.05, 4.69) is 34.0 Å². The van der Waals surface area contributed by atoms with Gasteiger partial charge >= 0.3 is 0 Å². The quantitative estimate of drug-likeness (QED) is 0.879. The van der Waals surface area contributed by atoms with E-state index in [1.807, 2.05) is 0 Å². The first-order chi connectivity index (χ1) is 9.99. The Labute approximate surface area is 126 Å². The topological polar surface area (TPSA) is 84.1 Å². The lowest BCUT2D eigenvalue weighted by Gasteiger charge is -2.34. The number of nitrogens with zero attached hydrogens (tertiary/aromatic N) is 3. The first kappa shape index (κ1) is 15.5. The Morgan fingerprint density at radius 1 is 1.43 bits per heavy atom. The summed E-state index contributed by atoms with van der Waals surface area (Å²) >= 11 is 0. The molecule has 1 aromatic rings. The molecule has 0 radical (unpaired) electrons. The average Bonchev–Trinajstić information content (AvgIpc) is 2.45. The molecule has 1 aromatic heterocycles. The summed E-state index contributed by atoms with van der Waals surface area (Å²) in [5.74, 6) is 2.44. The highest BCUT2D eigenvalue weighted by atomic mass is 16.1. The van der Waals surface area contributed by atoms with Crippen LogP contribution in [0.15, 0.2) is 6.33 Å². The molecule has 6 nitrogen and oxygen atoms in total.